The first-order chi connectivity index (χ1) is 7.46. The van der Waals surface area contributed by atoms with Crippen LogP contribution in [0.2, 0.25) is 0 Å². The molecule has 5 heteroatoms. The maximum absolute atomic E-state index is 11.8. The van der Waals surface area contributed by atoms with Gasteiger partial charge in [-0.1, -0.05) is 20.3 Å². The lowest BCUT2D eigenvalue weighted by atomic mass is 9.97. The summed E-state index contributed by atoms with van der Waals surface area (Å²) >= 11 is 0. The summed E-state index contributed by atoms with van der Waals surface area (Å²) in [6, 6.07) is -0.804. The average Bonchev–Trinajstić information content (AvgIpc) is 3.04. The van der Waals surface area contributed by atoms with E-state index < -0.39 is 17.4 Å². The van der Waals surface area contributed by atoms with Gasteiger partial charge in [0.25, 0.3) is 0 Å². The van der Waals surface area contributed by atoms with Crippen LogP contribution in [-0.2, 0) is 9.59 Å². The van der Waals surface area contributed by atoms with Crippen LogP contribution in [0.25, 0.3) is 0 Å². The van der Waals surface area contributed by atoms with E-state index in [9.17, 15) is 9.59 Å². The fraction of sp³-hybridized carbons (Fsp3) is 0.818. The number of hydrogen-bond donors (Lipinski definition) is 3. The maximum Gasteiger partial charge on any atom is 0.326 e. The lowest BCUT2D eigenvalue weighted by Crippen LogP contribution is -2.49. The van der Waals surface area contributed by atoms with Gasteiger partial charge in [0.05, 0.1) is 5.41 Å². The lowest BCUT2D eigenvalue weighted by Gasteiger charge is -2.22. The van der Waals surface area contributed by atoms with Crippen LogP contribution in [0.4, 0.5) is 0 Å². The first-order valence-electron chi connectivity index (χ1n) is 5.70. The van der Waals surface area contributed by atoms with E-state index in [0.717, 1.165) is 12.8 Å². The number of nitrogens with two attached hydrogens (primary N) is 1. The Morgan fingerprint density at radius 2 is 2.06 bits per heavy atom. The van der Waals surface area contributed by atoms with Gasteiger partial charge in [-0.2, -0.15) is 0 Å². The molecule has 4 N–H and O–H groups in total. The summed E-state index contributed by atoms with van der Waals surface area (Å²) in [5.74, 6) is -1.26. The molecule has 1 aliphatic rings. The molecule has 2 atom stereocenters. The number of carbonyl (C=O) groups excluding carboxylic acids is 1. The fourth-order valence-electron chi connectivity index (χ4n) is 1.65. The van der Waals surface area contributed by atoms with Gasteiger partial charge in [0, 0.05) is 6.54 Å². The molecule has 0 aromatic heterocycles. The number of carbonyl (C=O) groups is 2. The summed E-state index contributed by atoms with van der Waals surface area (Å²) in [5.41, 5.74) is 5.04. The average molecular weight is 228 g/mol. The molecular weight excluding hydrogens is 208 g/mol. The highest BCUT2D eigenvalue weighted by Gasteiger charge is 2.49. The van der Waals surface area contributed by atoms with E-state index in [1.54, 1.807) is 0 Å². The van der Waals surface area contributed by atoms with Crippen molar-refractivity contribution in [3.8, 4) is 0 Å². The van der Waals surface area contributed by atoms with E-state index in [4.69, 9.17) is 10.8 Å². The normalized spacial score (nSPS) is 20.9. The molecule has 5 nitrogen and oxygen atoms in total. The molecule has 16 heavy (non-hydrogen) atoms. The van der Waals surface area contributed by atoms with Crippen LogP contribution in [0, 0.1) is 11.3 Å². The molecule has 92 valence electrons. The first kappa shape index (κ1) is 13.0. The van der Waals surface area contributed by atoms with Crippen molar-refractivity contribution < 1.29 is 14.7 Å². The predicted octanol–water partition coefficient (Wildman–Crippen LogP) is 0.341. The second-order valence-electron chi connectivity index (χ2n) is 4.66. The van der Waals surface area contributed by atoms with Crippen LogP contribution in [0.1, 0.15) is 33.1 Å². The summed E-state index contributed by atoms with van der Waals surface area (Å²) in [4.78, 5) is 22.9. The standard InChI is InChI=1S/C11H20N2O3/c1-3-7(2)8(9(14)15)13-10(16)11(6-12)4-5-11/h7-8H,3-6,12H2,1-2H3,(H,13,16)(H,14,15). The molecule has 1 aliphatic carbocycles. The smallest absolute Gasteiger partial charge is 0.326 e. The van der Waals surface area contributed by atoms with Crippen LogP contribution in [0.15, 0.2) is 0 Å². The van der Waals surface area contributed by atoms with Gasteiger partial charge < -0.3 is 16.2 Å². The number of carboxylic acids is 1. The summed E-state index contributed by atoms with van der Waals surface area (Å²) in [6.45, 7) is 4.02. The second-order valence-corrected chi connectivity index (χ2v) is 4.66. The largest absolute Gasteiger partial charge is 0.480 e. The molecule has 1 saturated carbocycles. The Balaban J connectivity index is 2.62. The minimum atomic E-state index is -0.976. The van der Waals surface area contributed by atoms with Crippen LogP contribution >= 0.6 is 0 Å². The summed E-state index contributed by atoms with van der Waals surface area (Å²) in [7, 11) is 0. The quantitative estimate of drug-likeness (QED) is 0.611. The molecule has 0 aromatic rings. The summed E-state index contributed by atoms with van der Waals surface area (Å²) < 4.78 is 0. The fourth-order valence-corrected chi connectivity index (χ4v) is 1.65. The Hall–Kier alpha value is -1.10. The van der Waals surface area contributed by atoms with Crippen molar-refractivity contribution in [1.82, 2.24) is 5.32 Å². The molecule has 0 radical (unpaired) electrons. The third-order valence-electron chi connectivity index (χ3n) is 3.49. The number of amides is 1. The van der Waals surface area contributed by atoms with Gasteiger partial charge in [-0.25, -0.2) is 4.79 Å². The number of hydrogen-bond acceptors (Lipinski definition) is 3. The molecular formula is C11H20N2O3. The van der Waals surface area contributed by atoms with Gasteiger partial charge in [0.15, 0.2) is 0 Å². The molecule has 2 unspecified atom stereocenters. The second kappa shape index (κ2) is 4.82. The van der Waals surface area contributed by atoms with Crippen molar-refractivity contribution >= 4 is 11.9 Å². The minimum Gasteiger partial charge on any atom is -0.480 e. The van der Waals surface area contributed by atoms with E-state index in [0.29, 0.717) is 13.0 Å². The Kier molecular flexibility index (Phi) is 3.91. The lowest BCUT2D eigenvalue weighted by molar-refractivity contribution is -0.144. The number of rotatable bonds is 6. The SMILES string of the molecule is CCC(C)C(NC(=O)C1(CN)CC1)C(=O)O. The van der Waals surface area contributed by atoms with Crippen LogP contribution < -0.4 is 11.1 Å². The summed E-state index contributed by atoms with van der Waals surface area (Å²) in [5, 5.41) is 11.6. The molecule has 0 heterocycles. The third kappa shape index (κ3) is 2.52. The number of carboxylic acid groups (broad SMARTS) is 1. The Bertz CT molecular complexity index is 287. The van der Waals surface area contributed by atoms with Gasteiger partial charge in [-0.15, -0.1) is 0 Å². The van der Waals surface area contributed by atoms with Gasteiger partial charge in [0.1, 0.15) is 6.04 Å². The highest BCUT2D eigenvalue weighted by Crippen LogP contribution is 2.44. The topological polar surface area (TPSA) is 92.4 Å². The molecule has 0 aliphatic heterocycles. The predicted molar refractivity (Wildman–Crippen MR) is 59.7 cm³/mol. The maximum atomic E-state index is 11.8. The molecule has 1 fully saturated rings. The van der Waals surface area contributed by atoms with E-state index in [2.05, 4.69) is 5.32 Å². The van der Waals surface area contributed by atoms with Gasteiger partial charge in [-0.3, -0.25) is 4.79 Å². The number of nitrogens with one attached hydrogen (secondary N) is 1. The van der Waals surface area contributed by atoms with Gasteiger partial charge in [-0.05, 0) is 18.8 Å². The summed E-state index contributed by atoms with van der Waals surface area (Å²) in [6.07, 6.45) is 2.25. The van der Waals surface area contributed by atoms with Crippen molar-refractivity contribution in [1.29, 1.82) is 0 Å². The molecule has 0 saturated heterocycles. The van der Waals surface area contributed by atoms with E-state index >= 15 is 0 Å². The highest BCUT2D eigenvalue weighted by atomic mass is 16.4. The van der Waals surface area contributed by atoms with Gasteiger partial charge >= 0.3 is 5.97 Å². The zero-order valence-electron chi connectivity index (χ0n) is 9.82. The zero-order valence-corrected chi connectivity index (χ0v) is 9.82. The van der Waals surface area contributed by atoms with Gasteiger partial charge in [0.2, 0.25) is 5.91 Å². The molecule has 0 bridgehead atoms. The Labute approximate surface area is 95.4 Å². The third-order valence-corrected chi connectivity index (χ3v) is 3.49. The first-order valence-corrected chi connectivity index (χ1v) is 5.70. The van der Waals surface area contributed by atoms with Crippen LogP contribution in [0.3, 0.4) is 0 Å². The van der Waals surface area contributed by atoms with E-state index in [-0.39, 0.29) is 11.8 Å². The van der Waals surface area contributed by atoms with Crippen LogP contribution in [0.5, 0.6) is 0 Å². The van der Waals surface area contributed by atoms with Crippen LogP contribution in [-0.4, -0.2) is 29.6 Å². The van der Waals surface area contributed by atoms with Crippen molar-refractivity contribution in [2.45, 2.75) is 39.2 Å². The molecule has 1 amide bonds. The zero-order chi connectivity index (χ0) is 12.3. The number of aliphatic carboxylic acids is 1. The monoisotopic (exact) mass is 228 g/mol. The van der Waals surface area contributed by atoms with Crippen molar-refractivity contribution in [3.05, 3.63) is 0 Å². The molecule has 1 rings (SSSR count). The Morgan fingerprint density at radius 3 is 2.38 bits per heavy atom. The van der Waals surface area contributed by atoms with E-state index in [1.807, 2.05) is 13.8 Å². The molecule has 0 aromatic carbocycles. The van der Waals surface area contributed by atoms with Crippen molar-refractivity contribution in [2.75, 3.05) is 6.54 Å². The molecule has 0 spiro atoms. The highest BCUT2D eigenvalue weighted by molar-refractivity contribution is 5.89. The van der Waals surface area contributed by atoms with E-state index in [1.165, 1.54) is 0 Å². The van der Waals surface area contributed by atoms with Crippen molar-refractivity contribution in [3.63, 3.8) is 0 Å². The Morgan fingerprint density at radius 1 is 1.50 bits per heavy atom. The van der Waals surface area contributed by atoms with Crippen molar-refractivity contribution in [2.24, 2.45) is 17.1 Å². The minimum absolute atomic E-state index is 0.0741.